The first-order valence-electron chi connectivity index (χ1n) is 8.48. The Kier molecular flexibility index (Phi) is 5.86. The van der Waals surface area contributed by atoms with Crippen molar-refractivity contribution in [1.29, 1.82) is 0 Å². The molecule has 0 unspecified atom stereocenters. The second-order valence-electron chi connectivity index (χ2n) is 6.15. The van der Waals surface area contributed by atoms with E-state index in [1.165, 1.54) is 0 Å². The van der Waals surface area contributed by atoms with E-state index in [0.717, 1.165) is 32.7 Å². The molecule has 0 saturated heterocycles. The van der Waals surface area contributed by atoms with E-state index >= 15 is 0 Å². The molecule has 2 aromatic heterocycles. The molecular formula is C21H20BrN3O2. The molecule has 0 radical (unpaired) electrons. The van der Waals surface area contributed by atoms with Crippen LogP contribution in [0.25, 0.3) is 6.08 Å². The van der Waals surface area contributed by atoms with Crippen molar-refractivity contribution < 1.29 is 9.53 Å². The lowest BCUT2D eigenvalue weighted by molar-refractivity contribution is 0.104. The van der Waals surface area contributed by atoms with Gasteiger partial charge in [-0.15, -0.1) is 0 Å². The number of benzene rings is 1. The monoisotopic (exact) mass is 425 g/mol. The predicted octanol–water partition coefficient (Wildman–Crippen LogP) is 4.61. The summed E-state index contributed by atoms with van der Waals surface area (Å²) in [5.74, 6) is 0.706. The first-order valence-corrected chi connectivity index (χ1v) is 9.27. The predicted molar refractivity (Wildman–Crippen MR) is 109 cm³/mol. The van der Waals surface area contributed by atoms with Crippen molar-refractivity contribution in [2.24, 2.45) is 0 Å². The van der Waals surface area contributed by atoms with E-state index in [0.29, 0.717) is 12.1 Å². The van der Waals surface area contributed by atoms with Crippen LogP contribution in [0.2, 0.25) is 0 Å². The number of carbonyl (C=O) groups is 1. The summed E-state index contributed by atoms with van der Waals surface area (Å²) in [4.78, 5) is 16.2. The van der Waals surface area contributed by atoms with Crippen molar-refractivity contribution in [2.75, 3.05) is 7.11 Å². The van der Waals surface area contributed by atoms with Gasteiger partial charge in [-0.2, -0.15) is 5.10 Å². The number of ether oxygens (including phenoxy) is 1. The number of aromatic nitrogens is 3. The molecule has 2 heterocycles. The highest BCUT2D eigenvalue weighted by atomic mass is 79.9. The summed E-state index contributed by atoms with van der Waals surface area (Å²) in [5.41, 5.74) is 4.48. The molecule has 3 aromatic rings. The molecule has 138 valence electrons. The third kappa shape index (κ3) is 4.34. The minimum atomic E-state index is -0.0806. The highest BCUT2D eigenvalue weighted by Crippen LogP contribution is 2.25. The minimum absolute atomic E-state index is 0.0806. The highest BCUT2D eigenvalue weighted by Gasteiger charge is 2.12. The van der Waals surface area contributed by atoms with Crippen molar-refractivity contribution >= 4 is 27.8 Å². The fraction of sp³-hybridized carbons (Fsp3) is 0.190. The molecule has 0 fully saturated rings. The fourth-order valence-electron chi connectivity index (χ4n) is 2.79. The van der Waals surface area contributed by atoms with E-state index in [1.54, 1.807) is 43.8 Å². The van der Waals surface area contributed by atoms with Crippen molar-refractivity contribution in [1.82, 2.24) is 14.8 Å². The number of halogens is 1. The van der Waals surface area contributed by atoms with E-state index in [9.17, 15) is 4.79 Å². The molecular weight excluding hydrogens is 406 g/mol. The Morgan fingerprint density at radius 1 is 1.30 bits per heavy atom. The average Bonchev–Trinajstić information content (AvgIpc) is 2.93. The maximum atomic E-state index is 12.2. The van der Waals surface area contributed by atoms with Crippen molar-refractivity contribution in [3.8, 4) is 5.75 Å². The van der Waals surface area contributed by atoms with Crippen LogP contribution in [-0.2, 0) is 6.54 Å². The molecule has 0 aliphatic carbocycles. The summed E-state index contributed by atoms with van der Waals surface area (Å²) in [6, 6.07) is 9.34. The van der Waals surface area contributed by atoms with E-state index in [-0.39, 0.29) is 5.78 Å². The second kappa shape index (κ2) is 8.31. The van der Waals surface area contributed by atoms with Gasteiger partial charge in [0.25, 0.3) is 0 Å². The lowest BCUT2D eigenvalue weighted by atomic mass is 10.1. The number of allylic oxidation sites excluding steroid dienone is 1. The normalized spacial score (nSPS) is 11.1. The number of carbonyl (C=O) groups excluding carboxylic acids is 1. The van der Waals surface area contributed by atoms with Gasteiger partial charge in [-0.05, 0) is 65.7 Å². The van der Waals surface area contributed by atoms with E-state index in [1.807, 2.05) is 36.7 Å². The van der Waals surface area contributed by atoms with Crippen LogP contribution in [0, 0.1) is 13.8 Å². The number of ketones is 1. The van der Waals surface area contributed by atoms with Crippen molar-refractivity contribution in [2.45, 2.75) is 20.4 Å². The van der Waals surface area contributed by atoms with Gasteiger partial charge in [0.15, 0.2) is 5.78 Å². The summed E-state index contributed by atoms with van der Waals surface area (Å²) in [6.45, 7) is 4.57. The number of pyridine rings is 1. The number of methoxy groups -OCH3 is 1. The van der Waals surface area contributed by atoms with Gasteiger partial charge in [0.1, 0.15) is 5.75 Å². The summed E-state index contributed by atoms with van der Waals surface area (Å²) >= 11 is 3.56. The van der Waals surface area contributed by atoms with Crippen LogP contribution in [-0.4, -0.2) is 27.7 Å². The molecule has 0 amide bonds. The zero-order chi connectivity index (χ0) is 19.4. The molecule has 0 aliphatic heterocycles. The van der Waals surface area contributed by atoms with Gasteiger partial charge < -0.3 is 4.74 Å². The highest BCUT2D eigenvalue weighted by molar-refractivity contribution is 9.10. The Balaban J connectivity index is 1.86. The van der Waals surface area contributed by atoms with Crippen LogP contribution >= 0.6 is 15.9 Å². The van der Waals surface area contributed by atoms with Gasteiger partial charge in [0, 0.05) is 23.5 Å². The maximum absolute atomic E-state index is 12.2. The smallest absolute Gasteiger partial charge is 0.187 e. The maximum Gasteiger partial charge on any atom is 0.187 e. The van der Waals surface area contributed by atoms with Gasteiger partial charge >= 0.3 is 0 Å². The quantitative estimate of drug-likeness (QED) is 0.427. The van der Waals surface area contributed by atoms with E-state index in [4.69, 9.17) is 4.74 Å². The number of hydrogen-bond donors (Lipinski definition) is 0. The Labute approximate surface area is 166 Å². The largest absolute Gasteiger partial charge is 0.496 e. The lowest BCUT2D eigenvalue weighted by Gasteiger charge is -2.11. The Morgan fingerprint density at radius 3 is 2.74 bits per heavy atom. The van der Waals surface area contributed by atoms with Crippen molar-refractivity contribution in [3.63, 3.8) is 0 Å². The molecule has 1 aromatic carbocycles. The molecule has 3 rings (SSSR count). The average molecular weight is 426 g/mol. The molecule has 0 saturated carbocycles. The number of aryl methyl sites for hydroxylation is 1. The van der Waals surface area contributed by atoms with Crippen molar-refractivity contribution in [3.05, 3.63) is 81.4 Å². The van der Waals surface area contributed by atoms with Gasteiger partial charge in [-0.3, -0.25) is 14.5 Å². The molecule has 0 spiro atoms. The third-order valence-electron chi connectivity index (χ3n) is 4.29. The Hall–Kier alpha value is -2.73. The summed E-state index contributed by atoms with van der Waals surface area (Å²) in [5, 5.41) is 4.56. The van der Waals surface area contributed by atoms with E-state index in [2.05, 4.69) is 26.0 Å². The first-order chi connectivity index (χ1) is 13.0. The fourth-order valence-corrected chi connectivity index (χ4v) is 3.08. The first kappa shape index (κ1) is 19.0. The number of rotatable bonds is 6. The summed E-state index contributed by atoms with van der Waals surface area (Å²) < 4.78 is 8.44. The molecule has 0 N–H and O–H groups in total. The molecule has 0 aliphatic rings. The molecule has 6 heteroatoms. The van der Waals surface area contributed by atoms with Crippen LogP contribution in [0.1, 0.15) is 32.9 Å². The second-order valence-corrected chi connectivity index (χ2v) is 6.95. The van der Waals surface area contributed by atoms with Crippen LogP contribution in [0.3, 0.4) is 0 Å². The van der Waals surface area contributed by atoms with Crippen LogP contribution in [0.5, 0.6) is 5.75 Å². The third-order valence-corrected chi connectivity index (χ3v) is 5.44. The molecule has 27 heavy (non-hydrogen) atoms. The molecule has 0 atom stereocenters. The topological polar surface area (TPSA) is 57.0 Å². The van der Waals surface area contributed by atoms with E-state index < -0.39 is 0 Å². The van der Waals surface area contributed by atoms with Gasteiger partial charge in [0.2, 0.25) is 0 Å². The standard InChI is InChI=1S/C21H20BrN3O2/c1-14-21(22)15(2)25(24-14)13-18-11-16(7-9-20(18)27-3)6-8-19(26)17-5-4-10-23-12-17/h4-12H,13H2,1-3H3/b8-6+. The van der Waals surface area contributed by atoms with Gasteiger partial charge in [-0.25, -0.2) is 0 Å². The minimum Gasteiger partial charge on any atom is -0.496 e. The number of hydrogen-bond acceptors (Lipinski definition) is 4. The Bertz CT molecular complexity index is 994. The SMILES string of the molecule is COc1ccc(/C=C/C(=O)c2cccnc2)cc1Cn1nc(C)c(Br)c1C. The van der Waals surface area contributed by atoms with Gasteiger partial charge in [-0.1, -0.05) is 12.1 Å². The molecule has 0 bridgehead atoms. The Morgan fingerprint density at radius 2 is 2.11 bits per heavy atom. The zero-order valence-electron chi connectivity index (χ0n) is 15.4. The van der Waals surface area contributed by atoms with Crippen LogP contribution in [0.15, 0.2) is 53.3 Å². The summed E-state index contributed by atoms with van der Waals surface area (Å²) in [7, 11) is 1.65. The van der Waals surface area contributed by atoms with Crippen LogP contribution < -0.4 is 4.74 Å². The molecule has 5 nitrogen and oxygen atoms in total. The summed E-state index contributed by atoms with van der Waals surface area (Å²) in [6.07, 6.45) is 6.57. The van der Waals surface area contributed by atoms with Crippen LogP contribution in [0.4, 0.5) is 0 Å². The number of nitrogens with zero attached hydrogens (tertiary/aromatic N) is 3. The lowest BCUT2D eigenvalue weighted by Crippen LogP contribution is -2.06. The van der Waals surface area contributed by atoms with Gasteiger partial charge in [0.05, 0.1) is 29.5 Å². The zero-order valence-corrected chi connectivity index (χ0v) is 17.0.